The van der Waals surface area contributed by atoms with Gasteiger partial charge in [0.15, 0.2) is 0 Å². The van der Waals surface area contributed by atoms with Crippen molar-refractivity contribution in [1.29, 1.82) is 5.26 Å². The fourth-order valence-electron chi connectivity index (χ4n) is 0.992. The maximum Gasteiger partial charge on any atom is 0.404 e. The summed E-state index contributed by atoms with van der Waals surface area (Å²) in [5.74, 6) is -0.976. The molecule has 1 unspecified atom stereocenters. The van der Waals surface area contributed by atoms with Crippen LogP contribution in [0.4, 0.5) is 4.79 Å². The number of nitrogens with one attached hydrogen (secondary N) is 1. The maximum atomic E-state index is 11.3. The normalized spacial score (nSPS) is 11.2. The molecule has 0 heterocycles. The number of nitrogens with zero attached hydrogens (tertiary/aromatic N) is 1. The zero-order valence-electron chi connectivity index (χ0n) is 8.66. The second-order valence-electron chi connectivity index (χ2n) is 2.93. The summed E-state index contributed by atoms with van der Waals surface area (Å²) in [4.78, 5) is 21.5. The van der Waals surface area contributed by atoms with Crippen LogP contribution in [0.25, 0.3) is 0 Å². The van der Waals surface area contributed by atoms with Gasteiger partial charge in [-0.3, -0.25) is 4.79 Å². The molecule has 0 aromatic heterocycles. The average Bonchev–Trinajstić information content (AvgIpc) is 2.20. The number of amides is 2. The van der Waals surface area contributed by atoms with E-state index in [0.717, 1.165) is 6.42 Å². The van der Waals surface area contributed by atoms with Gasteiger partial charge in [-0.2, -0.15) is 5.26 Å². The molecule has 0 fully saturated rings. The van der Waals surface area contributed by atoms with E-state index >= 15 is 0 Å². The lowest BCUT2D eigenvalue weighted by molar-refractivity contribution is -0.123. The van der Waals surface area contributed by atoms with Crippen LogP contribution in [0.2, 0.25) is 0 Å². The second-order valence-corrected chi connectivity index (χ2v) is 2.93. The number of hydrogen-bond acceptors (Lipinski definition) is 4. The molecule has 0 aromatic carbocycles. The third-order valence-corrected chi connectivity index (χ3v) is 1.70. The van der Waals surface area contributed by atoms with Gasteiger partial charge in [-0.05, 0) is 6.42 Å². The van der Waals surface area contributed by atoms with Crippen LogP contribution < -0.4 is 11.1 Å². The van der Waals surface area contributed by atoms with Gasteiger partial charge in [-0.15, -0.1) is 0 Å². The summed E-state index contributed by atoms with van der Waals surface area (Å²) in [6.45, 7) is 2.09. The van der Waals surface area contributed by atoms with Crippen molar-refractivity contribution in [2.75, 3.05) is 13.2 Å². The van der Waals surface area contributed by atoms with E-state index in [-0.39, 0.29) is 19.1 Å². The third-order valence-electron chi connectivity index (χ3n) is 1.70. The van der Waals surface area contributed by atoms with E-state index in [1.165, 1.54) is 0 Å². The molecule has 0 radical (unpaired) electrons. The molecular weight excluding hydrogens is 198 g/mol. The molecule has 0 spiro atoms. The number of nitrogens with two attached hydrogens (primary N) is 1. The van der Waals surface area contributed by atoms with Crippen LogP contribution in [-0.2, 0) is 9.53 Å². The molecule has 0 saturated carbocycles. The zero-order chi connectivity index (χ0) is 11.7. The summed E-state index contributed by atoms with van der Waals surface area (Å²) in [5.41, 5.74) is 4.72. The zero-order valence-corrected chi connectivity index (χ0v) is 8.66. The second kappa shape index (κ2) is 7.62. The molecule has 0 aliphatic carbocycles. The molecule has 15 heavy (non-hydrogen) atoms. The first kappa shape index (κ1) is 13.2. The van der Waals surface area contributed by atoms with Gasteiger partial charge in [0.05, 0.1) is 12.6 Å². The first-order valence-electron chi connectivity index (χ1n) is 4.71. The number of carbonyl (C=O) groups is 2. The Morgan fingerprint density at radius 3 is 2.73 bits per heavy atom. The summed E-state index contributed by atoms with van der Waals surface area (Å²) in [7, 11) is 0. The van der Waals surface area contributed by atoms with E-state index < -0.39 is 12.0 Å². The minimum atomic E-state index is -0.880. The highest BCUT2D eigenvalue weighted by molar-refractivity contribution is 5.80. The SMILES string of the molecule is CCCC(C#N)C(=O)NCCOC(N)=O. The van der Waals surface area contributed by atoms with E-state index in [4.69, 9.17) is 11.0 Å². The molecule has 0 aliphatic heterocycles. The Bertz CT molecular complexity index is 260. The Morgan fingerprint density at radius 1 is 1.60 bits per heavy atom. The summed E-state index contributed by atoms with van der Waals surface area (Å²) < 4.78 is 4.41. The quantitative estimate of drug-likeness (QED) is 0.612. The van der Waals surface area contributed by atoms with E-state index in [9.17, 15) is 9.59 Å². The van der Waals surface area contributed by atoms with Crippen LogP contribution >= 0.6 is 0 Å². The van der Waals surface area contributed by atoms with Crippen molar-refractivity contribution < 1.29 is 14.3 Å². The van der Waals surface area contributed by atoms with Crippen LogP contribution in [-0.4, -0.2) is 25.2 Å². The Hall–Kier alpha value is -1.77. The molecule has 0 aliphatic rings. The number of carbonyl (C=O) groups excluding carboxylic acids is 2. The lowest BCUT2D eigenvalue weighted by Gasteiger charge is -2.08. The highest BCUT2D eigenvalue weighted by Crippen LogP contribution is 2.04. The van der Waals surface area contributed by atoms with Gasteiger partial charge in [0.1, 0.15) is 12.5 Å². The average molecular weight is 213 g/mol. The molecule has 6 heteroatoms. The third kappa shape index (κ3) is 6.32. The van der Waals surface area contributed by atoms with Crippen molar-refractivity contribution in [3.8, 4) is 6.07 Å². The number of ether oxygens (including phenoxy) is 1. The van der Waals surface area contributed by atoms with E-state index in [0.29, 0.717) is 6.42 Å². The predicted octanol–water partition coefficient (Wildman–Crippen LogP) is 0.138. The molecule has 2 amide bonds. The molecule has 3 N–H and O–H groups in total. The van der Waals surface area contributed by atoms with Crippen molar-refractivity contribution in [3.05, 3.63) is 0 Å². The summed E-state index contributed by atoms with van der Waals surface area (Å²) in [6, 6.07) is 1.91. The fourth-order valence-corrected chi connectivity index (χ4v) is 0.992. The van der Waals surface area contributed by atoms with Gasteiger partial charge in [0.2, 0.25) is 5.91 Å². The van der Waals surface area contributed by atoms with Crippen molar-refractivity contribution in [2.24, 2.45) is 11.7 Å². The molecular formula is C9H15N3O3. The number of nitriles is 1. The van der Waals surface area contributed by atoms with Gasteiger partial charge in [0.25, 0.3) is 0 Å². The number of hydrogen-bond donors (Lipinski definition) is 2. The van der Waals surface area contributed by atoms with Gasteiger partial charge in [-0.25, -0.2) is 4.79 Å². The van der Waals surface area contributed by atoms with Crippen molar-refractivity contribution in [1.82, 2.24) is 5.32 Å². The van der Waals surface area contributed by atoms with Crippen molar-refractivity contribution in [3.63, 3.8) is 0 Å². The van der Waals surface area contributed by atoms with Crippen LogP contribution in [0.5, 0.6) is 0 Å². The molecule has 0 rings (SSSR count). The topological polar surface area (TPSA) is 105 Å². The first-order valence-corrected chi connectivity index (χ1v) is 4.71. The predicted molar refractivity (Wildman–Crippen MR) is 52.6 cm³/mol. The van der Waals surface area contributed by atoms with Crippen LogP contribution in [0, 0.1) is 17.2 Å². The van der Waals surface area contributed by atoms with Crippen LogP contribution in [0.3, 0.4) is 0 Å². The van der Waals surface area contributed by atoms with E-state index in [2.05, 4.69) is 10.1 Å². The molecule has 6 nitrogen and oxygen atoms in total. The van der Waals surface area contributed by atoms with E-state index in [1.807, 2.05) is 13.0 Å². The van der Waals surface area contributed by atoms with Gasteiger partial charge in [0, 0.05) is 0 Å². The van der Waals surface area contributed by atoms with E-state index in [1.54, 1.807) is 0 Å². The Morgan fingerprint density at radius 2 is 2.27 bits per heavy atom. The minimum Gasteiger partial charge on any atom is -0.448 e. The first-order chi connectivity index (χ1) is 7.11. The van der Waals surface area contributed by atoms with Crippen molar-refractivity contribution >= 4 is 12.0 Å². The fraction of sp³-hybridized carbons (Fsp3) is 0.667. The Kier molecular flexibility index (Phi) is 6.72. The summed E-state index contributed by atoms with van der Waals surface area (Å²) in [6.07, 6.45) is 0.414. The van der Waals surface area contributed by atoms with Gasteiger partial charge < -0.3 is 15.8 Å². The highest BCUT2D eigenvalue weighted by atomic mass is 16.5. The molecule has 0 saturated heterocycles. The molecule has 0 aromatic rings. The Balaban J connectivity index is 3.72. The standard InChI is InChI=1S/C9H15N3O3/c1-2-3-7(6-10)8(13)12-4-5-15-9(11)14/h7H,2-5H2,1H3,(H2,11,14)(H,12,13). The van der Waals surface area contributed by atoms with Gasteiger partial charge in [-0.1, -0.05) is 13.3 Å². The monoisotopic (exact) mass is 213 g/mol. The lowest BCUT2D eigenvalue weighted by Crippen LogP contribution is -2.33. The largest absolute Gasteiger partial charge is 0.448 e. The number of rotatable bonds is 6. The van der Waals surface area contributed by atoms with Crippen molar-refractivity contribution in [2.45, 2.75) is 19.8 Å². The Labute approximate surface area is 88.4 Å². The number of primary amides is 1. The molecule has 1 atom stereocenters. The van der Waals surface area contributed by atoms with Crippen LogP contribution in [0.1, 0.15) is 19.8 Å². The summed E-state index contributed by atoms with van der Waals surface area (Å²) >= 11 is 0. The van der Waals surface area contributed by atoms with Crippen LogP contribution in [0.15, 0.2) is 0 Å². The smallest absolute Gasteiger partial charge is 0.404 e. The highest BCUT2D eigenvalue weighted by Gasteiger charge is 2.15. The summed E-state index contributed by atoms with van der Waals surface area (Å²) in [5, 5.41) is 11.1. The molecule has 0 bridgehead atoms. The lowest BCUT2D eigenvalue weighted by atomic mass is 10.1. The van der Waals surface area contributed by atoms with Gasteiger partial charge >= 0.3 is 6.09 Å². The maximum absolute atomic E-state index is 11.3. The minimum absolute atomic E-state index is 0.0192. The molecule has 84 valence electrons.